The summed E-state index contributed by atoms with van der Waals surface area (Å²) < 4.78 is 71.9. The summed E-state index contributed by atoms with van der Waals surface area (Å²) in [5, 5.41) is 0. The minimum absolute atomic E-state index is 0.0349. The number of halogens is 3. The van der Waals surface area contributed by atoms with E-state index < -0.39 is 33.8 Å². The number of sulfonamides is 1. The molecule has 0 amide bonds. The quantitative estimate of drug-likeness (QED) is 0.506. The van der Waals surface area contributed by atoms with Crippen molar-refractivity contribution in [2.45, 2.75) is 37.9 Å². The van der Waals surface area contributed by atoms with Crippen molar-refractivity contribution in [1.82, 2.24) is 4.72 Å². The maximum atomic E-state index is 12.9. The third-order valence-electron chi connectivity index (χ3n) is 4.31. The molecule has 0 saturated carbocycles. The molecular weight excluding hydrogens is 419 g/mol. The van der Waals surface area contributed by atoms with Crippen molar-refractivity contribution in [3.8, 4) is 0 Å². The number of carbonyl (C=O) groups is 1. The van der Waals surface area contributed by atoms with E-state index in [9.17, 15) is 26.4 Å². The number of rotatable bonds is 7. The Morgan fingerprint density at radius 1 is 1.10 bits per heavy atom. The Hall–Kier alpha value is -2.65. The summed E-state index contributed by atoms with van der Waals surface area (Å²) in [7, 11) is -4.09. The third kappa shape index (κ3) is 5.70. The smallest absolute Gasteiger partial charge is 0.416 e. The van der Waals surface area contributed by atoms with E-state index in [-0.39, 0.29) is 22.6 Å². The number of alkyl halides is 3. The summed E-state index contributed by atoms with van der Waals surface area (Å²) >= 11 is 0. The van der Waals surface area contributed by atoms with Gasteiger partial charge in [0.25, 0.3) is 0 Å². The van der Waals surface area contributed by atoms with Crippen molar-refractivity contribution < 1.29 is 31.1 Å². The molecule has 1 atom stereocenters. The van der Waals surface area contributed by atoms with E-state index in [4.69, 9.17) is 4.74 Å². The van der Waals surface area contributed by atoms with Gasteiger partial charge < -0.3 is 4.74 Å². The number of nitrogens with one attached hydrogen (secondary N) is 1. The van der Waals surface area contributed by atoms with Gasteiger partial charge in [0.05, 0.1) is 28.7 Å². The molecular formula is C21H22F3NO4S. The van der Waals surface area contributed by atoms with Crippen LogP contribution < -0.4 is 4.72 Å². The highest BCUT2D eigenvalue weighted by molar-refractivity contribution is 7.89. The molecule has 0 bridgehead atoms. The fraction of sp³-hybridized carbons (Fsp3) is 0.286. The molecule has 9 heteroatoms. The van der Waals surface area contributed by atoms with E-state index >= 15 is 0 Å². The molecule has 0 aliphatic rings. The van der Waals surface area contributed by atoms with Gasteiger partial charge in [0, 0.05) is 0 Å². The molecule has 1 unspecified atom stereocenters. The molecule has 2 aromatic carbocycles. The molecule has 5 nitrogen and oxygen atoms in total. The van der Waals surface area contributed by atoms with Gasteiger partial charge in [-0.2, -0.15) is 17.9 Å². The number of ether oxygens (including phenoxy) is 1. The van der Waals surface area contributed by atoms with Crippen LogP contribution in [0.15, 0.2) is 65.1 Å². The minimum Gasteiger partial charge on any atom is -0.463 e. The molecule has 0 aliphatic carbocycles. The van der Waals surface area contributed by atoms with Gasteiger partial charge in [-0.05, 0) is 50.6 Å². The number of allylic oxidation sites excluding steroid dienone is 1. The average Bonchev–Trinajstić information content (AvgIpc) is 2.67. The van der Waals surface area contributed by atoms with Crippen LogP contribution in [0.1, 0.15) is 36.6 Å². The Morgan fingerprint density at radius 2 is 1.67 bits per heavy atom. The van der Waals surface area contributed by atoms with Gasteiger partial charge in [-0.25, -0.2) is 13.2 Å². The summed E-state index contributed by atoms with van der Waals surface area (Å²) in [6, 6.07) is 8.74. The fourth-order valence-electron chi connectivity index (χ4n) is 2.73. The molecule has 2 rings (SSSR count). The van der Waals surface area contributed by atoms with Crippen molar-refractivity contribution in [3.05, 3.63) is 76.9 Å². The molecule has 0 heterocycles. The summed E-state index contributed by atoms with van der Waals surface area (Å²) in [5.41, 5.74) is 0.102. The second kappa shape index (κ2) is 9.44. The fourth-order valence-corrected chi connectivity index (χ4v) is 3.94. The Kier molecular flexibility index (Phi) is 7.44. The van der Waals surface area contributed by atoms with Gasteiger partial charge in [0.2, 0.25) is 10.0 Å². The molecule has 0 fully saturated rings. The molecule has 2 aromatic rings. The van der Waals surface area contributed by atoms with Gasteiger partial charge in [-0.1, -0.05) is 35.9 Å². The number of esters is 1. The first-order valence-electron chi connectivity index (χ1n) is 9.09. The van der Waals surface area contributed by atoms with Gasteiger partial charge in [-0.15, -0.1) is 0 Å². The SMILES string of the molecule is CC=C(C(=O)OCC)C(NS(=O)(=O)c1ccc(C)cc1)c1ccc(C(F)(F)F)cc1. The lowest BCUT2D eigenvalue weighted by molar-refractivity contribution is -0.139. The van der Waals surface area contributed by atoms with Gasteiger partial charge >= 0.3 is 12.1 Å². The summed E-state index contributed by atoms with van der Waals surface area (Å²) in [6.45, 7) is 4.96. The van der Waals surface area contributed by atoms with Crippen LogP contribution >= 0.6 is 0 Å². The first kappa shape index (κ1) is 23.6. The van der Waals surface area contributed by atoms with Crippen LogP contribution in [0.3, 0.4) is 0 Å². The van der Waals surface area contributed by atoms with Crippen molar-refractivity contribution in [2.75, 3.05) is 6.61 Å². The zero-order valence-corrected chi connectivity index (χ0v) is 17.5. The lowest BCUT2D eigenvalue weighted by Crippen LogP contribution is -2.32. The predicted molar refractivity (Wildman–Crippen MR) is 106 cm³/mol. The summed E-state index contributed by atoms with van der Waals surface area (Å²) in [4.78, 5) is 12.3. The molecule has 0 saturated heterocycles. The summed E-state index contributed by atoms with van der Waals surface area (Å²) in [6.07, 6.45) is -3.17. The van der Waals surface area contributed by atoms with Crippen molar-refractivity contribution in [3.63, 3.8) is 0 Å². The Labute approximate surface area is 173 Å². The molecule has 0 aliphatic heterocycles. The lowest BCUT2D eigenvalue weighted by Gasteiger charge is -2.22. The Bertz CT molecular complexity index is 1010. The molecule has 30 heavy (non-hydrogen) atoms. The second-order valence-corrected chi connectivity index (χ2v) is 8.17. The Morgan fingerprint density at radius 3 is 2.13 bits per heavy atom. The average molecular weight is 441 g/mol. The standard InChI is InChI=1S/C21H22F3NO4S/c1-4-18(20(26)29-5-2)19(15-8-10-16(11-9-15)21(22,23)24)25-30(27,28)17-12-6-14(3)7-13-17/h4,6-13,19,25H,5H2,1-3H3. The molecule has 0 radical (unpaired) electrons. The monoisotopic (exact) mass is 441 g/mol. The van der Waals surface area contributed by atoms with E-state index in [0.717, 1.165) is 29.8 Å². The molecule has 0 aromatic heterocycles. The van der Waals surface area contributed by atoms with Crippen molar-refractivity contribution in [2.24, 2.45) is 0 Å². The first-order chi connectivity index (χ1) is 14.0. The van der Waals surface area contributed by atoms with Crippen molar-refractivity contribution >= 4 is 16.0 Å². The maximum Gasteiger partial charge on any atom is 0.416 e. The largest absolute Gasteiger partial charge is 0.463 e. The van der Waals surface area contributed by atoms with E-state index in [1.807, 2.05) is 0 Å². The van der Waals surface area contributed by atoms with E-state index in [1.165, 1.54) is 25.1 Å². The van der Waals surface area contributed by atoms with Gasteiger partial charge in [0.15, 0.2) is 0 Å². The normalized spacial score (nSPS) is 13.7. The van der Waals surface area contributed by atoms with E-state index in [1.54, 1.807) is 26.0 Å². The molecule has 1 N–H and O–H groups in total. The van der Waals surface area contributed by atoms with Crippen LogP contribution in [-0.4, -0.2) is 21.0 Å². The zero-order valence-electron chi connectivity index (χ0n) is 16.7. The Balaban J connectivity index is 2.50. The van der Waals surface area contributed by atoms with Gasteiger partial charge in [-0.3, -0.25) is 0 Å². The van der Waals surface area contributed by atoms with E-state index in [0.29, 0.717) is 0 Å². The molecule has 162 valence electrons. The number of benzene rings is 2. The van der Waals surface area contributed by atoms with Crippen LogP contribution in [-0.2, 0) is 25.7 Å². The second-order valence-electron chi connectivity index (χ2n) is 6.45. The molecule has 0 spiro atoms. The van der Waals surface area contributed by atoms with E-state index in [2.05, 4.69) is 4.72 Å². The predicted octanol–water partition coefficient (Wildman–Crippen LogP) is 4.54. The lowest BCUT2D eigenvalue weighted by atomic mass is 9.98. The topological polar surface area (TPSA) is 72.5 Å². The summed E-state index contributed by atoms with van der Waals surface area (Å²) in [5.74, 6) is -0.767. The minimum atomic E-state index is -4.54. The maximum absolute atomic E-state index is 12.9. The number of carbonyl (C=O) groups excluding carboxylic acids is 1. The number of hydrogen-bond acceptors (Lipinski definition) is 4. The first-order valence-corrected chi connectivity index (χ1v) is 10.6. The van der Waals surface area contributed by atoms with Crippen LogP contribution in [0.2, 0.25) is 0 Å². The van der Waals surface area contributed by atoms with Crippen LogP contribution in [0.4, 0.5) is 13.2 Å². The number of aryl methyl sites for hydroxylation is 1. The number of hydrogen-bond donors (Lipinski definition) is 1. The highest BCUT2D eigenvalue weighted by Gasteiger charge is 2.32. The third-order valence-corrected chi connectivity index (χ3v) is 5.75. The van der Waals surface area contributed by atoms with Crippen molar-refractivity contribution in [1.29, 1.82) is 0 Å². The zero-order chi connectivity index (χ0) is 22.5. The highest BCUT2D eigenvalue weighted by Crippen LogP contribution is 2.32. The highest BCUT2D eigenvalue weighted by atomic mass is 32.2. The van der Waals surface area contributed by atoms with Crippen LogP contribution in [0, 0.1) is 6.92 Å². The van der Waals surface area contributed by atoms with Gasteiger partial charge in [0.1, 0.15) is 0 Å². The van der Waals surface area contributed by atoms with Crippen LogP contribution in [0.25, 0.3) is 0 Å². The van der Waals surface area contributed by atoms with Crippen LogP contribution in [0.5, 0.6) is 0 Å².